The van der Waals surface area contributed by atoms with Crippen molar-refractivity contribution in [3.8, 4) is 17.2 Å². The predicted molar refractivity (Wildman–Crippen MR) is 383 cm³/mol. The molecule has 0 spiro atoms. The number of alkyl halides is 1. The van der Waals surface area contributed by atoms with Crippen LogP contribution in [0.25, 0.3) is 32.7 Å². The minimum Gasteiger partial charge on any atom is -0.494 e. The summed E-state index contributed by atoms with van der Waals surface area (Å²) >= 11 is 24.5. The molecular weight excluding hydrogens is 1330 g/mol. The molecule has 0 saturated carbocycles. The van der Waals surface area contributed by atoms with Crippen LogP contribution in [0.5, 0.6) is 17.2 Å². The molecule has 9 aromatic rings. The van der Waals surface area contributed by atoms with Crippen LogP contribution in [0.15, 0.2) is 140 Å². The van der Waals surface area contributed by atoms with Gasteiger partial charge in [-0.25, -0.2) is 14.4 Å². The van der Waals surface area contributed by atoms with Gasteiger partial charge in [-0.2, -0.15) is 0 Å². The van der Waals surface area contributed by atoms with Crippen molar-refractivity contribution < 1.29 is 61.8 Å². The Morgan fingerprint density at radius 2 is 0.857 bits per heavy atom. The highest BCUT2D eigenvalue weighted by molar-refractivity contribution is 6.32. The van der Waals surface area contributed by atoms with Gasteiger partial charge in [0.1, 0.15) is 48.6 Å². The highest BCUT2D eigenvalue weighted by atomic mass is 35.5. The highest BCUT2D eigenvalue weighted by Crippen LogP contribution is 2.43. The summed E-state index contributed by atoms with van der Waals surface area (Å²) in [7, 11) is 4.69. The number of halogens is 4. The molecule has 0 aliphatic carbocycles. The number of rotatable bonds is 25. The summed E-state index contributed by atoms with van der Waals surface area (Å²) in [5.74, 6) is 3.20. The van der Waals surface area contributed by atoms with Crippen LogP contribution in [0.1, 0.15) is 95.3 Å². The van der Waals surface area contributed by atoms with Gasteiger partial charge in [-0.15, -0.1) is 11.6 Å². The van der Waals surface area contributed by atoms with Gasteiger partial charge in [0.05, 0.1) is 66.2 Å². The van der Waals surface area contributed by atoms with E-state index < -0.39 is 6.09 Å². The molecule has 98 heavy (non-hydrogen) atoms. The molecule has 0 bridgehead atoms. The van der Waals surface area contributed by atoms with Crippen LogP contribution in [-0.2, 0) is 52.4 Å². The Morgan fingerprint density at radius 3 is 1.21 bits per heavy atom. The first kappa shape index (κ1) is 72.6. The zero-order valence-electron chi connectivity index (χ0n) is 55.8. The third kappa shape index (κ3) is 18.0. The van der Waals surface area contributed by atoms with Crippen molar-refractivity contribution in [3.05, 3.63) is 206 Å². The number of methoxy groups -OCH3 is 3. The number of ether oxygens (including phenoxy) is 10. The lowest BCUT2D eigenvalue weighted by molar-refractivity contribution is 0.0544. The smallest absolute Gasteiger partial charge is 0.415 e. The average molecular weight is 1420 g/mol. The fraction of sp³-hybridized carbons (Fsp3) is 0.373. The quantitative estimate of drug-likeness (QED) is 0.0211. The minimum absolute atomic E-state index is 0.273. The standard InChI is InChI=1S/C26H30Cl2N2O3.C25H27ClN2O5.C24H27ClN2O5/c1-17(2)16-33-26(31)30-13-11-21-22-15-19(28)7-10-23(22)29-24(21)25(30)18-5-8-20(9-6-18)32-14-4-3-12-27;1-3-32-25(29)28-11-10-20-21-16-18(26)6-9-22(21)27-23(20)24(28)17-4-7-19(8-5-17)33-15-14-31-13-12-30-2;1-29-11-12-31-13-14-32-18-6-3-16(4-7-18)23-22-19(9-10-27(23)24(28)30-2)20-15-17(25)5-8-21(20)26-22/h5-10,15,17,25,29H,3-4,11-14,16H2,1-2H3;3-9,16,24,27H,1,10-15H2,2H3;3-8,15,23,26H,9-14H2,1-2H3. The number of carbonyl (C=O) groups is 3. The van der Waals surface area contributed by atoms with Crippen molar-refractivity contribution in [1.29, 1.82) is 0 Å². The second kappa shape index (κ2) is 35.6. The largest absolute Gasteiger partial charge is 0.494 e. The van der Waals surface area contributed by atoms with E-state index in [4.69, 9.17) is 93.8 Å². The maximum Gasteiger partial charge on any atom is 0.415 e. The molecule has 23 heteroatoms. The molecule has 3 N–H and O–H groups in total. The van der Waals surface area contributed by atoms with Crippen LogP contribution in [0.2, 0.25) is 15.1 Å². The Hall–Kier alpha value is -8.11. The number of aromatic nitrogens is 3. The Bertz CT molecular complexity index is 4110. The molecule has 3 aliphatic rings. The van der Waals surface area contributed by atoms with Crippen molar-refractivity contribution in [2.45, 2.75) is 64.1 Å². The van der Waals surface area contributed by atoms with Gasteiger partial charge in [-0.05, 0) is 162 Å². The van der Waals surface area contributed by atoms with Crippen molar-refractivity contribution in [2.24, 2.45) is 5.92 Å². The molecule has 0 fully saturated rings. The minimum atomic E-state index is -0.439. The number of fused-ring (bicyclic) bond motifs is 9. The first-order valence-electron chi connectivity index (χ1n) is 32.9. The second-order valence-electron chi connectivity index (χ2n) is 24.0. The van der Waals surface area contributed by atoms with E-state index in [2.05, 4.69) is 21.5 Å². The van der Waals surface area contributed by atoms with Crippen molar-refractivity contribution in [2.75, 3.05) is 113 Å². The van der Waals surface area contributed by atoms with Crippen molar-refractivity contribution in [1.82, 2.24) is 29.7 Å². The monoisotopic (exact) mass is 1420 g/mol. The van der Waals surface area contributed by atoms with Gasteiger partial charge in [0, 0.05) is 105 Å². The Labute approximate surface area is 591 Å². The van der Waals surface area contributed by atoms with E-state index in [0.717, 1.165) is 121 Å². The number of nitrogens with one attached hydrogen (secondary N) is 3. The first-order chi connectivity index (χ1) is 47.7. The molecule has 12 rings (SSSR count). The molecule has 3 aliphatic heterocycles. The van der Waals surface area contributed by atoms with Gasteiger partial charge in [0.25, 0.3) is 0 Å². The van der Waals surface area contributed by atoms with Gasteiger partial charge < -0.3 is 62.3 Å². The lowest BCUT2D eigenvalue weighted by Gasteiger charge is -2.35. The zero-order valence-corrected chi connectivity index (χ0v) is 58.8. The summed E-state index contributed by atoms with van der Waals surface area (Å²) in [6.07, 6.45) is 4.09. The lowest BCUT2D eigenvalue weighted by Crippen LogP contribution is -2.41. The number of hydrogen-bond donors (Lipinski definition) is 3. The summed E-state index contributed by atoms with van der Waals surface area (Å²) in [5.41, 5.74) is 12.4. The van der Waals surface area contributed by atoms with Crippen LogP contribution in [-0.4, -0.2) is 161 Å². The van der Waals surface area contributed by atoms with Crippen LogP contribution >= 0.6 is 46.4 Å². The van der Waals surface area contributed by atoms with Gasteiger partial charge in [0.15, 0.2) is 0 Å². The molecule has 0 saturated heterocycles. The fourth-order valence-electron chi connectivity index (χ4n) is 12.5. The van der Waals surface area contributed by atoms with E-state index in [1.54, 1.807) is 24.0 Å². The van der Waals surface area contributed by atoms with E-state index in [1.165, 1.54) is 18.2 Å². The summed E-state index contributed by atoms with van der Waals surface area (Å²) < 4.78 is 53.9. The molecule has 0 radical (unpaired) electrons. The Balaban J connectivity index is 0.000000159. The van der Waals surface area contributed by atoms with Gasteiger partial charge >= 0.3 is 18.3 Å². The number of carbonyl (C=O) groups excluding carboxylic acids is 3. The SMILES string of the molecule is C=COC(=O)N1CCc2c([nH]c3ccc(Cl)cc23)C1c1ccc(OCCOCCOC)cc1.CC(C)COC(=O)N1CCc2c([nH]c3ccc(Cl)cc23)C1c1ccc(OCCCCCl)cc1.COCCOCCOc1ccc(C2c3[nH]c4ccc(Cl)cc4c3CCN2C(=O)OC)cc1. The molecule has 3 amide bonds. The van der Waals surface area contributed by atoms with E-state index in [9.17, 15) is 14.4 Å². The normalized spacial score (nSPS) is 15.5. The third-order valence-electron chi connectivity index (χ3n) is 17.1. The fourth-order valence-corrected chi connectivity index (χ4v) is 13.2. The molecule has 3 unspecified atom stereocenters. The first-order valence-corrected chi connectivity index (χ1v) is 34.5. The number of benzene rings is 6. The number of H-pyrrole nitrogens is 3. The summed E-state index contributed by atoms with van der Waals surface area (Å²) in [6, 6.07) is 40.1. The molecule has 3 atom stereocenters. The molecule has 6 heterocycles. The number of unbranched alkanes of at least 4 members (excludes halogenated alkanes) is 1. The van der Waals surface area contributed by atoms with Crippen LogP contribution in [0, 0.1) is 5.92 Å². The van der Waals surface area contributed by atoms with E-state index in [-0.39, 0.29) is 36.2 Å². The maximum absolute atomic E-state index is 13.1. The number of hydrogen-bond acceptors (Lipinski definition) is 13. The molecule has 3 aromatic heterocycles. The number of aromatic amines is 3. The molecular formula is C75H84Cl4N6O13. The second-order valence-corrected chi connectivity index (χ2v) is 25.7. The van der Waals surface area contributed by atoms with Crippen LogP contribution < -0.4 is 14.2 Å². The van der Waals surface area contributed by atoms with Gasteiger partial charge in [-0.3, -0.25) is 14.7 Å². The lowest BCUT2D eigenvalue weighted by atomic mass is 9.92. The highest BCUT2D eigenvalue weighted by Gasteiger charge is 2.39. The third-order valence-corrected chi connectivity index (χ3v) is 18.1. The number of nitrogens with zero attached hydrogens (tertiary/aromatic N) is 3. The Kier molecular flexibility index (Phi) is 26.4. The van der Waals surface area contributed by atoms with E-state index in [1.807, 2.05) is 146 Å². The maximum atomic E-state index is 13.1. The molecule has 19 nitrogen and oxygen atoms in total. The molecule has 520 valence electrons. The van der Waals surface area contributed by atoms with Crippen LogP contribution in [0.3, 0.4) is 0 Å². The molecule has 6 aromatic carbocycles. The summed E-state index contributed by atoms with van der Waals surface area (Å²) in [4.78, 5) is 54.2. The van der Waals surface area contributed by atoms with Gasteiger partial charge in [-0.1, -0.05) is 91.6 Å². The average Bonchev–Trinajstić information content (AvgIpc) is 1.60. The van der Waals surface area contributed by atoms with Crippen molar-refractivity contribution >= 4 is 97.4 Å². The predicted octanol–water partition coefficient (Wildman–Crippen LogP) is 16.6. The van der Waals surface area contributed by atoms with Crippen molar-refractivity contribution in [3.63, 3.8) is 0 Å². The Morgan fingerprint density at radius 1 is 0.490 bits per heavy atom. The van der Waals surface area contributed by atoms with E-state index >= 15 is 0 Å². The van der Waals surface area contributed by atoms with Crippen LogP contribution in [0.4, 0.5) is 14.4 Å². The topological polar surface area (TPSA) is 201 Å². The summed E-state index contributed by atoms with van der Waals surface area (Å²) in [6.45, 7) is 14.3. The van der Waals surface area contributed by atoms with E-state index in [0.29, 0.717) is 113 Å². The zero-order chi connectivity index (χ0) is 69.1. The summed E-state index contributed by atoms with van der Waals surface area (Å²) in [5, 5.41) is 5.36. The number of amides is 3. The van der Waals surface area contributed by atoms with Gasteiger partial charge in [0.2, 0.25) is 0 Å².